The van der Waals surface area contributed by atoms with E-state index in [-0.39, 0.29) is 25.7 Å². The van der Waals surface area contributed by atoms with Crippen molar-refractivity contribution in [3.05, 3.63) is 46.2 Å². The number of β-amino-alcohol motifs (C(OH)–C–C–N with tert-alkyl or cyclic N) is 1. The minimum atomic E-state index is -0.0532. The lowest BCUT2D eigenvalue weighted by molar-refractivity contribution is -0.131. The van der Waals surface area contributed by atoms with Gasteiger partial charge < -0.3 is 19.6 Å². The van der Waals surface area contributed by atoms with Crippen LogP contribution in [0.3, 0.4) is 0 Å². The molecule has 0 bridgehead atoms. The summed E-state index contributed by atoms with van der Waals surface area (Å²) in [5.74, 6) is 0.891. The van der Waals surface area contributed by atoms with Gasteiger partial charge in [0.15, 0.2) is 5.75 Å². The fraction of sp³-hybridized carbons (Fsp3) is 0.353. The van der Waals surface area contributed by atoms with Crippen molar-refractivity contribution in [2.75, 3.05) is 37.7 Å². The molecular formula is C17H18Cl2N4O3. The standard InChI is InChI=1S/C17H18Cl2N4O3/c18-14-2-1-3-15(19)13(14)11-26-12-8-20-17(21-9-12)23-5-4-22(6-7-24)16(25)10-23/h1-3,8-9,24H,4-7,10-11H2. The van der Waals surface area contributed by atoms with E-state index in [4.69, 9.17) is 33.0 Å². The molecule has 0 radical (unpaired) electrons. The molecule has 1 N–H and O–H groups in total. The first-order chi connectivity index (χ1) is 12.6. The van der Waals surface area contributed by atoms with Crippen molar-refractivity contribution in [3.8, 4) is 5.75 Å². The van der Waals surface area contributed by atoms with Crippen LogP contribution in [0.1, 0.15) is 5.56 Å². The number of amides is 1. The summed E-state index contributed by atoms with van der Waals surface area (Å²) in [5, 5.41) is 10.0. The van der Waals surface area contributed by atoms with Crippen molar-refractivity contribution in [2.24, 2.45) is 0 Å². The molecule has 26 heavy (non-hydrogen) atoms. The second kappa shape index (κ2) is 8.53. The number of aliphatic hydroxyl groups is 1. The van der Waals surface area contributed by atoms with Gasteiger partial charge >= 0.3 is 0 Å². The molecule has 0 aliphatic carbocycles. The van der Waals surface area contributed by atoms with Crippen LogP contribution in [0.5, 0.6) is 5.75 Å². The van der Waals surface area contributed by atoms with Gasteiger partial charge in [-0.05, 0) is 12.1 Å². The molecule has 1 aliphatic heterocycles. The Morgan fingerprint density at radius 1 is 1.15 bits per heavy atom. The van der Waals surface area contributed by atoms with E-state index < -0.39 is 0 Å². The molecular weight excluding hydrogens is 379 g/mol. The van der Waals surface area contributed by atoms with Crippen molar-refractivity contribution in [1.82, 2.24) is 14.9 Å². The zero-order chi connectivity index (χ0) is 18.5. The van der Waals surface area contributed by atoms with Crippen LogP contribution in [0.4, 0.5) is 5.95 Å². The first kappa shape index (κ1) is 18.7. The largest absolute Gasteiger partial charge is 0.486 e. The number of aromatic nitrogens is 2. The third kappa shape index (κ3) is 4.35. The number of piperazine rings is 1. The van der Waals surface area contributed by atoms with Crippen molar-refractivity contribution in [3.63, 3.8) is 0 Å². The minimum Gasteiger partial charge on any atom is -0.486 e. The Balaban J connectivity index is 1.60. The van der Waals surface area contributed by atoms with Crippen LogP contribution in [-0.4, -0.2) is 58.7 Å². The molecule has 1 aromatic carbocycles. The van der Waals surface area contributed by atoms with E-state index in [1.807, 2.05) is 0 Å². The third-order valence-corrected chi connectivity index (χ3v) is 4.74. The summed E-state index contributed by atoms with van der Waals surface area (Å²) >= 11 is 12.2. The van der Waals surface area contributed by atoms with Gasteiger partial charge in [0.05, 0.1) is 25.5 Å². The van der Waals surface area contributed by atoms with Crippen molar-refractivity contribution >= 4 is 35.1 Å². The minimum absolute atomic E-state index is 0.0380. The van der Waals surface area contributed by atoms with Gasteiger partial charge in [0.2, 0.25) is 11.9 Å². The van der Waals surface area contributed by atoms with Crippen molar-refractivity contribution < 1.29 is 14.6 Å². The fourth-order valence-corrected chi connectivity index (χ4v) is 3.12. The maximum atomic E-state index is 12.0. The summed E-state index contributed by atoms with van der Waals surface area (Å²) in [6, 6.07) is 5.27. The van der Waals surface area contributed by atoms with E-state index in [0.29, 0.717) is 46.9 Å². The quantitative estimate of drug-likeness (QED) is 0.804. The summed E-state index contributed by atoms with van der Waals surface area (Å²) in [6.07, 6.45) is 3.11. The van der Waals surface area contributed by atoms with E-state index in [2.05, 4.69) is 9.97 Å². The Morgan fingerprint density at radius 2 is 1.85 bits per heavy atom. The van der Waals surface area contributed by atoms with Gasteiger partial charge in [-0.2, -0.15) is 0 Å². The van der Waals surface area contributed by atoms with E-state index in [9.17, 15) is 4.79 Å². The van der Waals surface area contributed by atoms with E-state index >= 15 is 0 Å². The molecule has 1 aliphatic rings. The molecule has 0 saturated carbocycles. The lowest BCUT2D eigenvalue weighted by atomic mass is 10.2. The highest BCUT2D eigenvalue weighted by molar-refractivity contribution is 6.35. The van der Waals surface area contributed by atoms with E-state index in [0.717, 1.165) is 0 Å². The Morgan fingerprint density at radius 3 is 2.46 bits per heavy atom. The number of hydrogen-bond acceptors (Lipinski definition) is 6. The van der Waals surface area contributed by atoms with Gasteiger partial charge in [-0.1, -0.05) is 29.3 Å². The van der Waals surface area contributed by atoms with Gasteiger partial charge in [-0.3, -0.25) is 4.79 Å². The maximum absolute atomic E-state index is 12.0. The van der Waals surface area contributed by atoms with Crippen LogP contribution in [0.15, 0.2) is 30.6 Å². The number of carbonyl (C=O) groups is 1. The predicted octanol–water partition coefficient (Wildman–Crippen LogP) is 2.00. The lowest BCUT2D eigenvalue weighted by Gasteiger charge is -2.33. The number of rotatable bonds is 6. The molecule has 0 unspecified atom stereocenters. The predicted molar refractivity (Wildman–Crippen MR) is 98.7 cm³/mol. The molecule has 3 rings (SSSR count). The van der Waals surface area contributed by atoms with Gasteiger partial charge in [-0.25, -0.2) is 9.97 Å². The summed E-state index contributed by atoms with van der Waals surface area (Å²) in [6.45, 7) is 1.86. The molecule has 1 aromatic heterocycles. The number of nitrogens with zero attached hydrogens (tertiary/aromatic N) is 4. The van der Waals surface area contributed by atoms with Crippen LogP contribution < -0.4 is 9.64 Å². The van der Waals surface area contributed by atoms with Crippen LogP contribution in [0.25, 0.3) is 0 Å². The summed E-state index contributed by atoms with van der Waals surface area (Å²) in [7, 11) is 0. The third-order valence-electron chi connectivity index (χ3n) is 4.03. The molecule has 1 fully saturated rings. The average molecular weight is 397 g/mol. The molecule has 138 valence electrons. The van der Waals surface area contributed by atoms with Gasteiger partial charge in [0.25, 0.3) is 0 Å². The number of aliphatic hydroxyl groups excluding tert-OH is 1. The SMILES string of the molecule is O=C1CN(c2ncc(OCc3c(Cl)cccc3Cl)cn2)CCN1CCO. The zero-order valence-corrected chi connectivity index (χ0v) is 15.4. The molecule has 0 atom stereocenters. The zero-order valence-electron chi connectivity index (χ0n) is 13.9. The van der Waals surface area contributed by atoms with Crippen LogP contribution >= 0.6 is 23.2 Å². The molecule has 7 nitrogen and oxygen atoms in total. The number of carbonyl (C=O) groups excluding carboxylic acids is 1. The number of ether oxygens (including phenoxy) is 1. The smallest absolute Gasteiger partial charge is 0.242 e. The van der Waals surface area contributed by atoms with Gasteiger partial charge in [-0.15, -0.1) is 0 Å². The summed E-state index contributed by atoms with van der Waals surface area (Å²) in [4.78, 5) is 24.0. The normalized spacial score (nSPS) is 14.7. The summed E-state index contributed by atoms with van der Waals surface area (Å²) in [5.41, 5.74) is 0.700. The van der Waals surface area contributed by atoms with Crippen molar-refractivity contribution in [1.29, 1.82) is 0 Å². The number of anilines is 1. The van der Waals surface area contributed by atoms with E-state index in [1.54, 1.807) is 40.4 Å². The first-order valence-corrected chi connectivity index (χ1v) is 8.85. The Labute approximate surface area is 161 Å². The number of hydrogen-bond donors (Lipinski definition) is 1. The monoisotopic (exact) mass is 396 g/mol. The highest BCUT2D eigenvalue weighted by atomic mass is 35.5. The first-order valence-electron chi connectivity index (χ1n) is 8.10. The highest BCUT2D eigenvalue weighted by Gasteiger charge is 2.24. The Hall–Kier alpha value is -2.09. The Kier molecular flexibility index (Phi) is 6.13. The second-order valence-electron chi connectivity index (χ2n) is 5.73. The Bertz CT molecular complexity index is 753. The van der Waals surface area contributed by atoms with E-state index in [1.165, 1.54) is 0 Å². The molecule has 2 aromatic rings. The molecule has 1 amide bonds. The maximum Gasteiger partial charge on any atom is 0.242 e. The molecule has 1 saturated heterocycles. The summed E-state index contributed by atoms with van der Waals surface area (Å²) < 4.78 is 5.65. The number of benzene rings is 1. The molecule has 0 spiro atoms. The van der Waals surface area contributed by atoms with Gasteiger partial charge in [0, 0.05) is 35.2 Å². The fourth-order valence-electron chi connectivity index (χ4n) is 2.61. The highest BCUT2D eigenvalue weighted by Crippen LogP contribution is 2.25. The average Bonchev–Trinajstić information content (AvgIpc) is 2.64. The number of halogens is 2. The van der Waals surface area contributed by atoms with Gasteiger partial charge in [0.1, 0.15) is 6.61 Å². The van der Waals surface area contributed by atoms with Crippen LogP contribution in [0, 0.1) is 0 Å². The van der Waals surface area contributed by atoms with Crippen molar-refractivity contribution in [2.45, 2.75) is 6.61 Å². The molecule has 9 heteroatoms. The second-order valence-corrected chi connectivity index (χ2v) is 6.55. The lowest BCUT2D eigenvalue weighted by Crippen LogP contribution is -2.51. The topological polar surface area (TPSA) is 78.8 Å². The van der Waals surface area contributed by atoms with Crippen LogP contribution in [-0.2, 0) is 11.4 Å². The van der Waals surface area contributed by atoms with Crippen LogP contribution in [0.2, 0.25) is 10.0 Å². The molecule has 2 heterocycles.